The molecule has 0 amide bonds. The molecule has 1 saturated heterocycles. The lowest BCUT2D eigenvalue weighted by atomic mass is 10.0. The van der Waals surface area contributed by atoms with E-state index in [0.29, 0.717) is 11.7 Å². The zero-order valence-corrected chi connectivity index (χ0v) is 12.5. The smallest absolute Gasteiger partial charge is 0.224 e. The van der Waals surface area contributed by atoms with E-state index < -0.39 is 0 Å². The SMILES string of the molecule is Cc1cccc([C@H]2CCCN2c2nc(N)nc3nc[nH]c23)c1. The van der Waals surface area contributed by atoms with Crippen molar-refractivity contribution < 1.29 is 0 Å². The van der Waals surface area contributed by atoms with E-state index in [4.69, 9.17) is 5.73 Å². The number of rotatable bonds is 2. The van der Waals surface area contributed by atoms with E-state index >= 15 is 0 Å². The number of imidazole rings is 1. The summed E-state index contributed by atoms with van der Waals surface area (Å²) in [5.41, 5.74) is 9.93. The lowest BCUT2D eigenvalue weighted by Crippen LogP contribution is -2.24. The molecule has 1 aromatic carbocycles. The first-order chi connectivity index (χ1) is 10.7. The van der Waals surface area contributed by atoms with E-state index in [1.54, 1.807) is 6.33 Å². The summed E-state index contributed by atoms with van der Waals surface area (Å²) in [6.45, 7) is 3.09. The molecule has 112 valence electrons. The Morgan fingerprint density at radius 2 is 2.23 bits per heavy atom. The molecular formula is C16H18N6. The van der Waals surface area contributed by atoms with Crippen molar-refractivity contribution in [2.75, 3.05) is 17.2 Å². The first-order valence-corrected chi connectivity index (χ1v) is 7.52. The summed E-state index contributed by atoms with van der Waals surface area (Å²) in [7, 11) is 0. The Morgan fingerprint density at radius 3 is 3.09 bits per heavy atom. The van der Waals surface area contributed by atoms with Gasteiger partial charge in [0.1, 0.15) is 5.52 Å². The Bertz CT molecular complexity index is 824. The van der Waals surface area contributed by atoms with Crippen LogP contribution in [0.15, 0.2) is 30.6 Å². The number of nitrogens with one attached hydrogen (secondary N) is 1. The molecule has 0 bridgehead atoms. The molecule has 2 aromatic heterocycles. The second-order valence-electron chi connectivity index (χ2n) is 5.77. The van der Waals surface area contributed by atoms with Gasteiger partial charge in [-0.05, 0) is 25.3 Å². The van der Waals surface area contributed by atoms with Crippen LogP contribution in [0.5, 0.6) is 0 Å². The minimum absolute atomic E-state index is 0.268. The summed E-state index contributed by atoms with van der Waals surface area (Å²) < 4.78 is 0. The first-order valence-electron chi connectivity index (χ1n) is 7.52. The number of hydrogen-bond donors (Lipinski definition) is 2. The summed E-state index contributed by atoms with van der Waals surface area (Å²) >= 11 is 0. The Kier molecular flexibility index (Phi) is 2.96. The van der Waals surface area contributed by atoms with Crippen LogP contribution in [0.3, 0.4) is 0 Å². The summed E-state index contributed by atoms with van der Waals surface area (Å²) in [5, 5.41) is 0. The number of nitrogens with zero attached hydrogens (tertiary/aromatic N) is 4. The van der Waals surface area contributed by atoms with Gasteiger partial charge in [0.2, 0.25) is 5.95 Å². The van der Waals surface area contributed by atoms with Gasteiger partial charge < -0.3 is 15.6 Å². The van der Waals surface area contributed by atoms with E-state index in [0.717, 1.165) is 30.7 Å². The lowest BCUT2D eigenvalue weighted by Gasteiger charge is -2.26. The van der Waals surface area contributed by atoms with Gasteiger partial charge in [-0.25, -0.2) is 4.98 Å². The van der Waals surface area contributed by atoms with Gasteiger partial charge in [0.25, 0.3) is 0 Å². The largest absolute Gasteiger partial charge is 0.368 e. The maximum atomic E-state index is 5.86. The number of fused-ring (bicyclic) bond motifs is 1. The topological polar surface area (TPSA) is 83.7 Å². The number of nitrogen functional groups attached to an aromatic ring is 1. The van der Waals surface area contributed by atoms with Gasteiger partial charge in [-0.15, -0.1) is 0 Å². The van der Waals surface area contributed by atoms with Crippen LogP contribution in [-0.2, 0) is 0 Å². The highest BCUT2D eigenvalue weighted by atomic mass is 15.3. The van der Waals surface area contributed by atoms with E-state index in [1.807, 2.05) is 0 Å². The van der Waals surface area contributed by atoms with Gasteiger partial charge in [0.05, 0.1) is 12.4 Å². The first kappa shape index (κ1) is 13.1. The molecule has 6 heteroatoms. The molecule has 0 radical (unpaired) electrons. The molecule has 3 N–H and O–H groups in total. The normalized spacial score (nSPS) is 18.2. The third-order valence-electron chi connectivity index (χ3n) is 4.24. The Labute approximate surface area is 128 Å². The number of benzene rings is 1. The molecule has 1 atom stereocenters. The Morgan fingerprint density at radius 1 is 1.32 bits per heavy atom. The van der Waals surface area contributed by atoms with Gasteiger partial charge >= 0.3 is 0 Å². The Balaban J connectivity index is 1.81. The van der Waals surface area contributed by atoms with E-state index in [1.165, 1.54) is 11.1 Å². The van der Waals surface area contributed by atoms with Crippen molar-refractivity contribution in [2.24, 2.45) is 0 Å². The number of aryl methyl sites for hydroxylation is 1. The molecule has 3 aromatic rings. The highest BCUT2D eigenvalue weighted by Gasteiger charge is 2.29. The van der Waals surface area contributed by atoms with Crippen molar-refractivity contribution in [3.63, 3.8) is 0 Å². The van der Waals surface area contributed by atoms with E-state index in [9.17, 15) is 0 Å². The van der Waals surface area contributed by atoms with E-state index in [2.05, 4.69) is 56.0 Å². The maximum absolute atomic E-state index is 5.86. The molecule has 0 spiro atoms. The second-order valence-corrected chi connectivity index (χ2v) is 5.77. The Hall–Kier alpha value is -2.63. The van der Waals surface area contributed by atoms with Crippen molar-refractivity contribution in [1.82, 2.24) is 19.9 Å². The number of H-pyrrole nitrogens is 1. The van der Waals surface area contributed by atoms with Crippen LogP contribution in [0.25, 0.3) is 11.2 Å². The fourth-order valence-electron chi connectivity index (χ4n) is 3.29. The molecule has 0 aliphatic carbocycles. The molecule has 1 fully saturated rings. The molecule has 1 aliphatic rings. The van der Waals surface area contributed by atoms with E-state index in [-0.39, 0.29) is 5.95 Å². The van der Waals surface area contributed by atoms with Crippen LogP contribution in [0.2, 0.25) is 0 Å². The van der Waals surface area contributed by atoms with Gasteiger partial charge in [-0.3, -0.25) is 0 Å². The fourth-order valence-corrected chi connectivity index (χ4v) is 3.29. The molecule has 0 saturated carbocycles. The standard InChI is InChI=1S/C16H18N6/c1-10-4-2-5-11(8-10)12-6-3-7-22(12)15-13-14(19-9-18-13)20-16(17)21-15/h2,4-5,8-9,12H,3,6-7H2,1H3,(H3,17,18,19,20,21)/t12-/m1/s1. The van der Waals surface area contributed by atoms with Crippen LogP contribution in [-0.4, -0.2) is 26.5 Å². The molecule has 6 nitrogen and oxygen atoms in total. The fraction of sp³-hybridized carbons (Fsp3) is 0.312. The molecule has 4 rings (SSSR count). The van der Waals surface area contributed by atoms with Crippen molar-refractivity contribution in [1.29, 1.82) is 0 Å². The summed E-state index contributed by atoms with van der Waals surface area (Å²) in [6, 6.07) is 8.99. The highest BCUT2D eigenvalue weighted by Crippen LogP contribution is 2.37. The van der Waals surface area contributed by atoms with Crippen LogP contribution < -0.4 is 10.6 Å². The number of nitrogens with two attached hydrogens (primary N) is 1. The third kappa shape index (κ3) is 2.07. The quantitative estimate of drug-likeness (QED) is 0.759. The number of aromatic nitrogens is 4. The van der Waals surface area contributed by atoms with Gasteiger partial charge in [0.15, 0.2) is 11.5 Å². The number of anilines is 2. The van der Waals surface area contributed by atoms with Gasteiger partial charge in [0, 0.05) is 6.54 Å². The van der Waals surface area contributed by atoms with Crippen LogP contribution in [0.4, 0.5) is 11.8 Å². The summed E-state index contributed by atoms with van der Waals surface area (Å²) in [4.78, 5) is 18.3. The van der Waals surface area contributed by atoms with Crippen molar-refractivity contribution in [2.45, 2.75) is 25.8 Å². The van der Waals surface area contributed by atoms with Crippen LogP contribution in [0.1, 0.15) is 30.0 Å². The number of hydrogen-bond acceptors (Lipinski definition) is 5. The zero-order valence-electron chi connectivity index (χ0n) is 12.5. The van der Waals surface area contributed by atoms with Gasteiger partial charge in [-0.2, -0.15) is 9.97 Å². The minimum Gasteiger partial charge on any atom is -0.368 e. The second kappa shape index (κ2) is 4.98. The van der Waals surface area contributed by atoms with Crippen molar-refractivity contribution in [3.05, 3.63) is 41.7 Å². The number of aromatic amines is 1. The average molecular weight is 294 g/mol. The maximum Gasteiger partial charge on any atom is 0.224 e. The molecule has 1 aliphatic heterocycles. The predicted molar refractivity (Wildman–Crippen MR) is 86.6 cm³/mol. The van der Waals surface area contributed by atoms with Crippen LogP contribution in [0, 0.1) is 6.92 Å². The third-order valence-corrected chi connectivity index (χ3v) is 4.24. The monoisotopic (exact) mass is 294 g/mol. The minimum atomic E-state index is 0.268. The molecule has 3 heterocycles. The summed E-state index contributed by atoms with van der Waals surface area (Å²) in [6.07, 6.45) is 3.89. The zero-order chi connectivity index (χ0) is 15.1. The van der Waals surface area contributed by atoms with Crippen LogP contribution >= 0.6 is 0 Å². The predicted octanol–water partition coefficient (Wildman–Crippen LogP) is 2.59. The average Bonchev–Trinajstić information content (AvgIpc) is 3.15. The van der Waals surface area contributed by atoms with Gasteiger partial charge in [-0.1, -0.05) is 29.8 Å². The van der Waals surface area contributed by atoms with Crippen molar-refractivity contribution in [3.8, 4) is 0 Å². The lowest BCUT2D eigenvalue weighted by molar-refractivity contribution is 0.712. The van der Waals surface area contributed by atoms with Crippen molar-refractivity contribution >= 4 is 22.9 Å². The summed E-state index contributed by atoms with van der Waals surface area (Å²) in [5.74, 6) is 1.12. The molecule has 0 unspecified atom stereocenters. The highest BCUT2D eigenvalue weighted by molar-refractivity contribution is 5.84. The molecular weight excluding hydrogens is 276 g/mol. The molecule has 22 heavy (non-hydrogen) atoms.